The summed E-state index contributed by atoms with van der Waals surface area (Å²) < 4.78 is 29.3. The molecule has 2 saturated heterocycles. The summed E-state index contributed by atoms with van der Waals surface area (Å²) >= 11 is 1.66. The van der Waals surface area contributed by atoms with Crippen molar-refractivity contribution in [2.45, 2.75) is 220 Å². The maximum Gasteiger partial charge on any atom is 0.309 e. The first-order chi connectivity index (χ1) is 28.9. The van der Waals surface area contributed by atoms with Gasteiger partial charge in [0.2, 0.25) is 0 Å². The van der Waals surface area contributed by atoms with Crippen LogP contribution in [0.25, 0.3) is 16.3 Å². The average molecular weight is 930 g/mol. The number of carbonyl (C=O) groups excluding carboxylic acids is 2. The molecule has 1 aromatic carbocycles. The van der Waals surface area contributed by atoms with Crippen LogP contribution in [0, 0.1) is 17.3 Å². The van der Waals surface area contributed by atoms with Crippen molar-refractivity contribution in [1.82, 2.24) is 9.88 Å². The number of esters is 1. The van der Waals surface area contributed by atoms with E-state index in [0.29, 0.717) is 13.0 Å². The molecule has 352 valence electrons. The molecule has 0 spiro atoms. The Hall–Kier alpha value is -1.52. The quantitative estimate of drug-likeness (QED) is 0.0935. The van der Waals surface area contributed by atoms with Gasteiger partial charge in [0.25, 0.3) is 0 Å². The molecular weight excluding hydrogens is 841 g/mol. The van der Waals surface area contributed by atoms with Crippen LogP contribution in [-0.4, -0.2) is 89.6 Å². The molecule has 0 aliphatic carbocycles. The highest BCUT2D eigenvalue weighted by Crippen LogP contribution is 2.49. The van der Waals surface area contributed by atoms with Crippen LogP contribution in [-0.2, 0) is 27.6 Å². The molecule has 12 heteroatoms. The predicted octanol–water partition coefficient (Wildman–Crippen LogP) is 13.7. The highest BCUT2D eigenvalue weighted by Gasteiger charge is 2.59. The zero-order chi connectivity index (χ0) is 46.5. The number of thiazole rings is 1. The number of ether oxygens (including phenoxy) is 1. The van der Waals surface area contributed by atoms with Crippen LogP contribution >= 0.6 is 11.3 Å². The molecule has 1 aromatic heterocycles. The fraction of sp³-hybridized carbons (Fsp3) is 0.780. The number of hydrogen-bond donors (Lipinski definition) is 0. The van der Waals surface area contributed by atoms with Crippen LogP contribution < -0.4 is 0 Å². The Bertz CT molecular complexity index is 1770. The molecule has 2 fully saturated rings. The molecule has 0 amide bonds. The van der Waals surface area contributed by atoms with Crippen LogP contribution in [0.4, 0.5) is 0 Å². The molecule has 62 heavy (non-hydrogen) atoms. The van der Waals surface area contributed by atoms with E-state index in [0.717, 1.165) is 82.9 Å². The molecule has 0 bridgehead atoms. The van der Waals surface area contributed by atoms with Gasteiger partial charge in [-0.2, -0.15) is 0 Å². The number of carbonyl (C=O) groups is 2. The lowest BCUT2D eigenvalue weighted by Gasteiger charge is -2.44. The molecule has 3 heterocycles. The molecule has 8 nitrogen and oxygen atoms in total. The van der Waals surface area contributed by atoms with Crippen LogP contribution in [0.5, 0.6) is 0 Å². The van der Waals surface area contributed by atoms with Crippen molar-refractivity contribution in [3.8, 4) is 0 Å². The van der Waals surface area contributed by atoms with Gasteiger partial charge in [-0.3, -0.25) is 14.5 Å². The number of cyclic esters (lactones) is 1. The van der Waals surface area contributed by atoms with E-state index < -0.39 is 42.6 Å². The molecule has 1 unspecified atom stereocenters. The SMILES string of the molecule is CC[Si](CC)(CC)O[C@H]1[C@H](C)CCC[C@@]2(C)[C@H](C[C@H](/C(C)=C/c3nc4ccccc4s3)OC(=O)C[C@@H](O[Si](CC)(CC)CC)C(C)(C)C(=O)[C@H]1C)N2CCO[Si](C)(C)C(C)(C)C. The smallest absolute Gasteiger partial charge is 0.309 e. The fourth-order valence-corrected chi connectivity index (χ4v) is 18.0. The van der Waals surface area contributed by atoms with Gasteiger partial charge in [-0.1, -0.05) is 109 Å². The summed E-state index contributed by atoms with van der Waals surface area (Å²) in [6.07, 6.45) is 4.55. The van der Waals surface area contributed by atoms with E-state index in [-0.39, 0.29) is 52.7 Å². The van der Waals surface area contributed by atoms with E-state index in [4.69, 9.17) is 23.0 Å². The average Bonchev–Trinajstić information content (AvgIpc) is 3.53. The summed E-state index contributed by atoms with van der Waals surface area (Å²) in [6, 6.07) is 14.3. The molecule has 2 aliphatic rings. The van der Waals surface area contributed by atoms with Gasteiger partial charge in [0.05, 0.1) is 28.8 Å². The Labute approximate surface area is 385 Å². The van der Waals surface area contributed by atoms with Gasteiger partial charge >= 0.3 is 5.97 Å². The van der Waals surface area contributed by atoms with Gasteiger partial charge in [-0.25, -0.2) is 4.98 Å². The summed E-state index contributed by atoms with van der Waals surface area (Å²) in [5, 5.41) is 1.04. The van der Waals surface area contributed by atoms with Crippen LogP contribution in [0.3, 0.4) is 0 Å². The summed E-state index contributed by atoms with van der Waals surface area (Å²) in [4.78, 5) is 37.5. The number of aromatic nitrogens is 1. The lowest BCUT2D eigenvalue weighted by molar-refractivity contribution is -0.153. The first kappa shape index (κ1) is 53.1. The third kappa shape index (κ3) is 12.1. The van der Waals surface area contributed by atoms with Gasteiger partial charge in [-0.05, 0) is 111 Å². The number of Topliss-reactive ketones (excluding diaryl/α,β-unsaturated/α-hetero) is 1. The number of hydrogen-bond acceptors (Lipinski definition) is 9. The largest absolute Gasteiger partial charge is 0.458 e. The topological polar surface area (TPSA) is 87.0 Å². The minimum absolute atomic E-state index is 0.0236. The number of para-hydroxylation sites is 1. The Morgan fingerprint density at radius 3 is 2.08 bits per heavy atom. The summed E-state index contributed by atoms with van der Waals surface area (Å²) in [5.74, 6) is -0.346. The van der Waals surface area contributed by atoms with E-state index in [9.17, 15) is 4.79 Å². The molecule has 2 aromatic rings. The predicted molar refractivity (Wildman–Crippen MR) is 270 cm³/mol. The second-order valence-corrected chi connectivity index (χ2v) is 36.7. The third-order valence-electron chi connectivity index (χ3n) is 16.4. The minimum Gasteiger partial charge on any atom is -0.458 e. The first-order valence-electron chi connectivity index (χ1n) is 24.5. The molecule has 4 rings (SSSR count). The Morgan fingerprint density at radius 1 is 0.935 bits per heavy atom. The van der Waals surface area contributed by atoms with E-state index in [1.54, 1.807) is 11.3 Å². The van der Waals surface area contributed by atoms with Crippen molar-refractivity contribution < 1.29 is 27.6 Å². The van der Waals surface area contributed by atoms with Crippen molar-refractivity contribution in [1.29, 1.82) is 0 Å². The van der Waals surface area contributed by atoms with E-state index in [1.165, 1.54) is 0 Å². The monoisotopic (exact) mass is 929 g/mol. The van der Waals surface area contributed by atoms with E-state index in [1.807, 2.05) is 32.0 Å². The minimum atomic E-state index is -2.27. The van der Waals surface area contributed by atoms with Crippen LogP contribution in [0.1, 0.15) is 141 Å². The summed E-state index contributed by atoms with van der Waals surface area (Å²) in [7, 11) is -6.30. The van der Waals surface area contributed by atoms with Gasteiger partial charge in [0.1, 0.15) is 16.9 Å². The molecular formula is C50H88N2O6SSi3. The normalized spacial score (nSPS) is 28.8. The highest BCUT2D eigenvalue weighted by molar-refractivity contribution is 7.19. The fourth-order valence-electron chi connectivity index (χ4n) is 10.0. The van der Waals surface area contributed by atoms with Crippen molar-refractivity contribution in [3.63, 3.8) is 0 Å². The van der Waals surface area contributed by atoms with Crippen LogP contribution in [0.2, 0.25) is 54.4 Å². The third-order valence-corrected chi connectivity index (χ3v) is 31.2. The molecule has 2 aliphatic heterocycles. The van der Waals surface area contributed by atoms with Gasteiger partial charge in [-0.15, -0.1) is 11.3 Å². The Kier molecular flexibility index (Phi) is 18.3. The second kappa shape index (κ2) is 21.4. The van der Waals surface area contributed by atoms with E-state index >= 15 is 4.79 Å². The van der Waals surface area contributed by atoms with Gasteiger partial charge in [0, 0.05) is 42.5 Å². The second-order valence-electron chi connectivity index (χ2n) is 21.4. The van der Waals surface area contributed by atoms with Gasteiger partial charge in [0.15, 0.2) is 25.0 Å². The zero-order valence-corrected chi connectivity index (χ0v) is 46.1. The number of fused-ring (bicyclic) bond motifs is 2. The first-order valence-corrected chi connectivity index (χ1v) is 33.2. The Balaban J connectivity index is 1.82. The lowest BCUT2D eigenvalue weighted by atomic mass is 9.73. The molecule has 0 saturated carbocycles. The molecule has 0 radical (unpaired) electrons. The summed E-state index contributed by atoms with van der Waals surface area (Å²) in [6.45, 7) is 39.5. The summed E-state index contributed by atoms with van der Waals surface area (Å²) in [5.41, 5.74) is 0.930. The standard InChI is InChI=1S/C50H88N2O6SSi3/c1-18-61(19-2,20-3)57-43-35-45(53)56-40(37(8)33-44-51-39-28-24-25-29-41(39)59-44)34-42-50(15,52(42)31-32-55-60(16,17)48(10,11)12)30-26-27-36(7)46(38(9)47(54)49(43,13)14)58-62(21-4,22-5)23-6/h24-25,28-29,33,36,38,40,42-43,46H,18-23,26-27,30-32,34-35H2,1-17H3/b37-33+/t36-,38+,40-,42+,43-,46+,50+,52?/m1/s1. The maximum absolute atomic E-state index is 15.3. The molecule has 0 N–H and O–H groups in total. The van der Waals surface area contributed by atoms with Crippen molar-refractivity contribution in [3.05, 3.63) is 34.8 Å². The van der Waals surface area contributed by atoms with E-state index in [2.05, 4.69) is 120 Å². The number of benzene rings is 1. The van der Waals surface area contributed by atoms with Gasteiger partial charge < -0.3 is 18.0 Å². The lowest BCUT2D eigenvalue weighted by Crippen LogP contribution is -2.53. The van der Waals surface area contributed by atoms with Crippen molar-refractivity contribution in [2.75, 3.05) is 13.2 Å². The van der Waals surface area contributed by atoms with Crippen molar-refractivity contribution >= 4 is 64.3 Å². The highest BCUT2D eigenvalue weighted by atomic mass is 32.1. The number of nitrogens with zero attached hydrogens (tertiary/aromatic N) is 2. The Morgan fingerprint density at radius 2 is 1.52 bits per heavy atom. The van der Waals surface area contributed by atoms with Crippen molar-refractivity contribution in [2.24, 2.45) is 17.3 Å². The number of ketones is 1. The maximum atomic E-state index is 15.3. The number of rotatable bonds is 16. The van der Waals surface area contributed by atoms with Crippen LogP contribution in [0.15, 0.2) is 29.8 Å². The zero-order valence-electron chi connectivity index (χ0n) is 42.3. The molecule has 8 atom stereocenters.